The fourth-order valence-corrected chi connectivity index (χ4v) is 1.98. The van der Waals surface area contributed by atoms with Crippen LogP contribution in [0.25, 0.3) is 10.9 Å². The van der Waals surface area contributed by atoms with Crippen molar-refractivity contribution in [2.45, 2.75) is 6.42 Å². The minimum absolute atomic E-state index is 0.399. The minimum atomic E-state index is -0.399. The molecule has 4 N–H and O–H groups in total. The van der Waals surface area contributed by atoms with E-state index in [0.717, 1.165) is 22.9 Å². The van der Waals surface area contributed by atoms with Crippen LogP contribution >= 0.6 is 0 Å². The first-order valence-electron chi connectivity index (χ1n) is 5.21. The minimum Gasteiger partial charge on any atom is -0.366 e. The zero-order chi connectivity index (χ0) is 11.7. The van der Waals surface area contributed by atoms with Crippen molar-refractivity contribution in [1.82, 2.24) is 4.57 Å². The molecule has 1 aromatic heterocycles. The van der Waals surface area contributed by atoms with E-state index < -0.39 is 5.91 Å². The molecule has 0 aliphatic carbocycles. The first-order valence-corrected chi connectivity index (χ1v) is 5.21. The van der Waals surface area contributed by atoms with Gasteiger partial charge in [0.2, 0.25) is 5.91 Å². The third-order valence-electron chi connectivity index (χ3n) is 2.77. The van der Waals surface area contributed by atoms with Crippen LogP contribution in [0.2, 0.25) is 0 Å². The summed E-state index contributed by atoms with van der Waals surface area (Å²) in [5, 5.41) is 1.06. The first-order chi connectivity index (χ1) is 7.63. The number of primary amides is 1. The van der Waals surface area contributed by atoms with E-state index in [4.69, 9.17) is 11.5 Å². The van der Waals surface area contributed by atoms with Gasteiger partial charge in [0.05, 0.1) is 0 Å². The Labute approximate surface area is 93.8 Å². The van der Waals surface area contributed by atoms with E-state index in [9.17, 15) is 4.79 Å². The third-order valence-corrected chi connectivity index (χ3v) is 2.77. The van der Waals surface area contributed by atoms with Crippen LogP contribution in [0.15, 0.2) is 24.4 Å². The van der Waals surface area contributed by atoms with E-state index in [0.29, 0.717) is 12.1 Å². The fraction of sp³-hybridized carbons (Fsp3) is 0.250. The van der Waals surface area contributed by atoms with Crippen molar-refractivity contribution < 1.29 is 4.79 Å². The van der Waals surface area contributed by atoms with E-state index in [1.54, 1.807) is 6.07 Å². The SMILES string of the molecule is Cn1cc(CCN)c2cc(C(N)=O)ccc21. The van der Waals surface area contributed by atoms with Crippen molar-refractivity contribution in [2.24, 2.45) is 18.5 Å². The molecule has 1 amide bonds. The highest BCUT2D eigenvalue weighted by Gasteiger charge is 2.08. The molecule has 4 heteroatoms. The smallest absolute Gasteiger partial charge is 0.248 e. The van der Waals surface area contributed by atoms with Gasteiger partial charge in [0, 0.05) is 29.7 Å². The average Bonchev–Trinajstić information content (AvgIpc) is 2.56. The van der Waals surface area contributed by atoms with Crippen LogP contribution in [0.1, 0.15) is 15.9 Å². The number of hydrogen-bond acceptors (Lipinski definition) is 2. The highest BCUT2D eigenvalue weighted by molar-refractivity contribution is 5.98. The van der Waals surface area contributed by atoms with Crippen molar-refractivity contribution in [2.75, 3.05) is 6.54 Å². The molecule has 0 atom stereocenters. The van der Waals surface area contributed by atoms with Gasteiger partial charge in [-0.2, -0.15) is 0 Å². The summed E-state index contributed by atoms with van der Waals surface area (Å²) in [4.78, 5) is 11.1. The number of carbonyl (C=O) groups excluding carboxylic acids is 1. The monoisotopic (exact) mass is 217 g/mol. The molecule has 2 aromatic rings. The van der Waals surface area contributed by atoms with Crippen LogP contribution in [0, 0.1) is 0 Å². The van der Waals surface area contributed by atoms with Crippen LogP contribution in [0.5, 0.6) is 0 Å². The number of aryl methyl sites for hydroxylation is 1. The molecule has 0 aliphatic rings. The molecule has 1 heterocycles. The lowest BCUT2D eigenvalue weighted by molar-refractivity contribution is 0.100. The van der Waals surface area contributed by atoms with Gasteiger partial charge in [0.25, 0.3) is 0 Å². The summed E-state index contributed by atoms with van der Waals surface area (Å²) in [5.41, 5.74) is 13.6. The third kappa shape index (κ3) is 1.67. The second kappa shape index (κ2) is 3.98. The van der Waals surface area contributed by atoms with Crippen LogP contribution in [0.4, 0.5) is 0 Å². The topological polar surface area (TPSA) is 74.0 Å². The summed E-state index contributed by atoms with van der Waals surface area (Å²) in [6.45, 7) is 0.597. The highest BCUT2D eigenvalue weighted by Crippen LogP contribution is 2.22. The summed E-state index contributed by atoms with van der Waals surface area (Å²) in [7, 11) is 1.98. The lowest BCUT2D eigenvalue weighted by atomic mass is 10.1. The Morgan fingerprint density at radius 3 is 2.81 bits per heavy atom. The lowest BCUT2D eigenvalue weighted by Crippen LogP contribution is -2.10. The maximum absolute atomic E-state index is 11.1. The standard InChI is InChI=1S/C12H15N3O/c1-15-7-9(4-5-13)10-6-8(12(14)16)2-3-11(10)15/h2-3,6-7H,4-5,13H2,1H3,(H2,14,16). The van der Waals surface area contributed by atoms with E-state index in [1.807, 2.05) is 29.9 Å². The molecule has 0 saturated carbocycles. The number of fused-ring (bicyclic) bond motifs is 1. The van der Waals surface area contributed by atoms with Crippen molar-refractivity contribution >= 4 is 16.8 Å². The second-order valence-electron chi connectivity index (χ2n) is 3.90. The Bertz CT molecular complexity index is 542. The molecular formula is C12H15N3O. The van der Waals surface area contributed by atoms with E-state index >= 15 is 0 Å². The largest absolute Gasteiger partial charge is 0.366 e. The average molecular weight is 217 g/mol. The summed E-state index contributed by atoms with van der Waals surface area (Å²) in [5.74, 6) is -0.399. The van der Waals surface area contributed by atoms with Gasteiger partial charge in [-0.05, 0) is 36.7 Å². The zero-order valence-electron chi connectivity index (χ0n) is 9.23. The number of benzene rings is 1. The van der Waals surface area contributed by atoms with Crippen LogP contribution in [-0.4, -0.2) is 17.0 Å². The van der Waals surface area contributed by atoms with Gasteiger partial charge in [-0.15, -0.1) is 0 Å². The number of carbonyl (C=O) groups is 1. The molecule has 0 spiro atoms. The predicted octanol–water partition coefficient (Wildman–Crippen LogP) is 0.778. The fourth-order valence-electron chi connectivity index (χ4n) is 1.98. The lowest BCUT2D eigenvalue weighted by Gasteiger charge is -1.99. The van der Waals surface area contributed by atoms with Crippen molar-refractivity contribution in [3.05, 3.63) is 35.5 Å². The molecule has 0 fully saturated rings. The summed E-state index contributed by atoms with van der Waals surface area (Å²) < 4.78 is 2.03. The molecule has 0 aliphatic heterocycles. The maximum atomic E-state index is 11.1. The molecule has 84 valence electrons. The highest BCUT2D eigenvalue weighted by atomic mass is 16.1. The Balaban J connectivity index is 2.64. The Morgan fingerprint density at radius 2 is 2.19 bits per heavy atom. The van der Waals surface area contributed by atoms with E-state index in [1.165, 1.54) is 0 Å². The van der Waals surface area contributed by atoms with Crippen LogP contribution in [-0.2, 0) is 13.5 Å². The number of nitrogens with two attached hydrogens (primary N) is 2. The Kier molecular flexibility index (Phi) is 2.66. The zero-order valence-corrected chi connectivity index (χ0v) is 9.23. The van der Waals surface area contributed by atoms with Crippen LogP contribution in [0.3, 0.4) is 0 Å². The molecular weight excluding hydrogens is 202 g/mol. The van der Waals surface area contributed by atoms with Gasteiger partial charge in [0.15, 0.2) is 0 Å². The number of rotatable bonds is 3. The molecule has 1 aromatic carbocycles. The number of aromatic nitrogens is 1. The molecule has 16 heavy (non-hydrogen) atoms. The van der Waals surface area contributed by atoms with Crippen LogP contribution < -0.4 is 11.5 Å². The van der Waals surface area contributed by atoms with Gasteiger partial charge in [-0.1, -0.05) is 0 Å². The van der Waals surface area contributed by atoms with Gasteiger partial charge in [-0.25, -0.2) is 0 Å². The van der Waals surface area contributed by atoms with E-state index in [-0.39, 0.29) is 0 Å². The summed E-state index contributed by atoms with van der Waals surface area (Å²) >= 11 is 0. The summed E-state index contributed by atoms with van der Waals surface area (Å²) in [6, 6.07) is 5.50. The molecule has 4 nitrogen and oxygen atoms in total. The first kappa shape index (κ1) is 10.7. The number of amides is 1. The molecule has 0 bridgehead atoms. The predicted molar refractivity (Wildman–Crippen MR) is 64.2 cm³/mol. The van der Waals surface area contributed by atoms with Gasteiger partial charge in [0.1, 0.15) is 0 Å². The quantitative estimate of drug-likeness (QED) is 0.797. The molecule has 0 saturated heterocycles. The Morgan fingerprint density at radius 1 is 1.44 bits per heavy atom. The number of nitrogens with zero attached hydrogens (tertiary/aromatic N) is 1. The van der Waals surface area contributed by atoms with Crippen molar-refractivity contribution in [3.63, 3.8) is 0 Å². The van der Waals surface area contributed by atoms with Gasteiger partial charge in [-0.3, -0.25) is 4.79 Å². The maximum Gasteiger partial charge on any atom is 0.248 e. The van der Waals surface area contributed by atoms with Gasteiger partial charge < -0.3 is 16.0 Å². The van der Waals surface area contributed by atoms with Crippen molar-refractivity contribution in [3.8, 4) is 0 Å². The van der Waals surface area contributed by atoms with Crippen molar-refractivity contribution in [1.29, 1.82) is 0 Å². The van der Waals surface area contributed by atoms with E-state index in [2.05, 4.69) is 0 Å². The second-order valence-corrected chi connectivity index (χ2v) is 3.90. The summed E-state index contributed by atoms with van der Waals surface area (Å²) in [6.07, 6.45) is 2.85. The number of hydrogen-bond donors (Lipinski definition) is 2. The van der Waals surface area contributed by atoms with Gasteiger partial charge >= 0.3 is 0 Å². The molecule has 0 unspecified atom stereocenters. The molecule has 0 radical (unpaired) electrons. The normalized spacial score (nSPS) is 10.9. The Hall–Kier alpha value is -1.81. The molecule has 2 rings (SSSR count).